The summed E-state index contributed by atoms with van der Waals surface area (Å²) < 4.78 is 5.05. The molecule has 5 heteroatoms. The van der Waals surface area contributed by atoms with Crippen molar-refractivity contribution in [1.29, 1.82) is 0 Å². The van der Waals surface area contributed by atoms with Gasteiger partial charge in [0.05, 0.1) is 7.11 Å². The maximum Gasteiger partial charge on any atom is 0.321 e. The summed E-state index contributed by atoms with van der Waals surface area (Å²) in [5.41, 5.74) is 1.70. The number of Topliss-reactive ketones (excluding diaryl/α,β-unsaturated/α-hetero) is 1. The molecule has 0 aliphatic rings. The van der Waals surface area contributed by atoms with Crippen LogP contribution in [0.2, 0.25) is 0 Å². The zero-order valence-electron chi connectivity index (χ0n) is 14.3. The maximum atomic E-state index is 12.3. The molecule has 2 aromatic carbocycles. The molecule has 0 aromatic heterocycles. The molecule has 0 amide bonds. The van der Waals surface area contributed by atoms with E-state index in [2.05, 4.69) is 5.32 Å². The van der Waals surface area contributed by atoms with Gasteiger partial charge in [-0.3, -0.25) is 9.59 Å². The highest BCUT2D eigenvalue weighted by Crippen LogP contribution is 2.13. The summed E-state index contributed by atoms with van der Waals surface area (Å²) >= 11 is 0. The molecule has 2 N–H and O–H groups in total. The van der Waals surface area contributed by atoms with Crippen LogP contribution in [0, 0.1) is 0 Å². The lowest BCUT2D eigenvalue weighted by atomic mass is 10.0. The molecule has 0 aliphatic carbocycles. The Hall–Kier alpha value is -2.66. The van der Waals surface area contributed by atoms with E-state index in [0.717, 1.165) is 12.8 Å². The summed E-state index contributed by atoms with van der Waals surface area (Å²) in [5, 5.41) is 12.3. The molecule has 25 heavy (non-hydrogen) atoms. The number of nitrogens with one attached hydrogen (secondary N) is 1. The van der Waals surface area contributed by atoms with Crippen LogP contribution in [0.15, 0.2) is 54.6 Å². The predicted octanol–water partition coefficient (Wildman–Crippen LogP) is 2.94. The Morgan fingerprint density at radius 2 is 1.76 bits per heavy atom. The van der Waals surface area contributed by atoms with Crippen molar-refractivity contribution in [3.8, 4) is 5.75 Å². The number of benzene rings is 2. The van der Waals surface area contributed by atoms with Crippen molar-refractivity contribution in [2.75, 3.05) is 13.7 Å². The summed E-state index contributed by atoms with van der Waals surface area (Å²) in [7, 11) is 1.55. The van der Waals surface area contributed by atoms with Gasteiger partial charge in [0.25, 0.3) is 0 Å². The van der Waals surface area contributed by atoms with Crippen LogP contribution in [0.3, 0.4) is 0 Å². The standard InChI is InChI=1S/C20H23NO4/c1-25-17-11-9-16(10-12-17)19(22)14-18(20(23)24)21-13-5-8-15-6-3-2-4-7-15/h2-4,6-7,9-12,18,21H,5,8,13-14H2,1H3,(H,23,24). The molecule has 0 bridgehead atoms. The Labute approximate surface area is 147 Å². The van der Waals surface area contributed by atoms with Gasteiger partial charge in [0.2, 0.25) is 0 Å². The SMILES string of the molecule is COc1ccc(C(=O)CC(NCCCc2ccccc2)C(=O)O)cc1. The molecule has 0 radical (unpaired) electrons. The minimum atomic E-state index is -1.01. The van der Waals surface area contributed by atoms with Crippen LogP contribution in [0.1, 0.15) is 28.8 Å². The van der Waals surface area contributed by atoms with Crippen LogP contribution in [-0.2, 0) is 11.2 Å². The first-order valence-electron chi connectivity index (χ1n) is 8.27. The highest BCUT2D eigenvalue weighted by atomic mass is 16.5. The lowest BCUT2D eigenvalue weighted by Crippen LogP contribution is -2.39. The Morgan fingerprint density at radius 1 is 1.08 bits per heavy atom. The van der Waals surface area contributed by atoms with Gasteiger partial charge in [0.1, 0.15) is 11.8 Å². The number of carbonyl (C=O) groups excluding carboxylic acids is 1. The average molecular weight is 341 g/mol. The molecule has 0 fully saturated rings. The Balaban J connectivity index is 1.83. The maximum absolute atomic E-state index is 12.3. The van der Waals surface area contributed by atoms with Crippen LogP contribution in [0.4, 0.5) is 0 Å². The number of carboxylic acid groups (broad SMARTS) is 1. The molecule has 132 valence electrons. The van der Waals surface area contributed by atoms with Gasteiger partial charge in [-0.1, -0.05) is 30.3 Å². The second kappa shape index (κ2) is 9.59. The summed E-state index contributed by atoms with van der Waals surface area (Å²) in [6.07, 6.45) is 1.60. The number of ether oxygens (including phenoxy) is 1. The van der Waals surface area contributed by atoms with Gasteiger partial charge in [-0.05, 0) is 49.2 Å². The summed E-state index contributed by atoms with van der Waals surface area (Å²) in [6.45, 7) is 0.543. The van der Waals surface area contributed by atoms with Gasteiger partial charge in [-0.25, -0.2) is 0 Å². The fourth-order valence-corrected chi connectivity index (χ4v) is 2.54. The molecule has 0 saturated heterocycles. The van der Waals surface area contributed by atoms with E-state index in [1.165, 1.54) is 5.56 Å². The minimum Gasteiger partial charge on any atom is -0.497 e. The first-order chi connectivity index (χ1) is 12.1. The number of ketones is 1. The molecule has 1 unspecified atom stereocenters. The molecule has 1 atom stereocenters. The van der Waals surface area contributed by atoms with Gasteiger partial charge >= 0.3 is 5.97 Å². The van der Waals surface area contributed by atoms with Crippen LogP contribution >= 0.6 is 0 Å². The van der Waals surface area contributed by atoms with Gasteiger partial charge in [-0.15, -0.1) is 0 Å². The third-order valence-electron chi connectivity index (χ3n) is 3.98. The Bertz CT molecular complexity index is 683. The Kier molecular flexibility index (Phi) is 7.16. The number of carboxylic acids is 1. The van der Waals surface area contributed by atoms with E-state index in [4.69, 9.17) is 4.74 Å². The fourth-order valence-electron chi connectivity index (χ4n) is 2.54. The lowest BCUT2D eigenvalue weighted by molar-refractivity contribution is -0.139. The number of carbonyl (C=O) groups is 2. The highest BCUT2D eigenvalue weighted by Gasteiger charge is 2.21. The van der Waals surface area contributed by atoms with Crippen molar-refractivity contribution < 1.29 is 19.4 Å². The lowest BCUT2D eigenvalue weighted by Gasteiger charge is -2.14. The number of methoxy groups -OCH3 is 1. The molecular weight excluding hydrogens is 318 g/mol. The summed E-state index contributed by atoms with van der Waals surface area (Å²) in [5.74, 6) is -0.558. The van der Waals surface area contributed by atoms with E-state index in [1.807, 2.05) is 30.3 Å². The van der Waals surface area contributed by atoms with Crippen molar-refractivity contribution in [2.24, 2.45) is 0 Å². The average Bonchev–Trinajstić information content (AvgIpc) is 2.64. The molecule has 2 rings (SSSR count). The van der Waals surface area contributed by atoms with Crippen LogP contribution in [-0.4, -0.2) is 36.6 Å². The normalized spacial score (nSPS) is 11.7. The molecule has 0 saturated carbocycles. The van der Waals surface area contributed by atoms with Crippen molar-refractivity contribution in [2.45, 2.75) is 25.3 Å². The van der Waals surface area contributed by atoms with E-state index >= 15 is 0 Å². The summed E-state index contributed by atoms with van der Waals surface area (Å²) in [6, 6.07) is 15.8. The number of rotatable bonds is 10. The number of hydrogen-bond donors (Lipinski definition) is 2. The van der Waals surface area contributed by atoms with Gasteiger partial charge in [0.15, 0.2) is 5.78 Å². The Morgan fingerprint density at radius 3 is 2.36 bits per heavy atom. The van der Waals surface area contributed by atoms with Crippen molar-refractivity contribution in [3.63, 3.8) is 0 Å². The zero-order valence-corrected chi connectivity index (χ0v) is 14.3. The van der Waals surface area contributed by atoms with E-state index < -0.39 is 12.0 Å². The van der Waals surface area contributed by atoms with Crippen LogP contribution < -0.4 is 10.1 Å². The molecule has 5 nitrogen and oxygen atoms in total. The number of aryl methyl sites for hydroxylation is 1. The monoisotopic (exact) mass is 341 g/mol. The van der Waals surface area contributed by atoms with Gasteiger partial charge < -0.3 is 15.2 Å². The second-order valence-electron chi connectivity index (χ2n) is 5.79. The van der Waals surface area contributed by atoms with Crippen molar-refractivity contribution >= 4 is 11.8 Å². The molecule has 0 aliphatic heterocycles. The molecule has 0 spiro atoms. The number of hydrogen-bond acceptors (Lipinski definition) is 4. The number of aliphatic carboxylic acids is 1. The molecular formula is C20H23NO4. The van der Waals surface area contributed by atoms with E-state index in [-0.39, 0.29) is 12.2 Å². The quantitative estimate of drug-likeness (QED) is 0.513. The van der Waals surface area contributed by atoms with Crippen molar-refractivity contribution in [1.82, 2.24) is 5.32 Å². The molecule has 0 heterocycles. The fraction of sp³-hybridized carbons (Fsp3) is 0.300. The first-order valence-corrected chi connectivity index (χ1v) is 8.27. The van der Waals surface area contributed by atoms with Crippen molar-refractivity contribution in [3.05, 3.63) is 65.7 Å². The topological polar surface area (TPSA) is 75.6 Å². The van der Waals surface area contributed by atoms with E-state index in [0.29, 0.717) is 17.9 Å². The highest BCUT2D eigenvalue weighted by molar-refractivity contribution is 5.98. The summed E-state index contributed by atoms with van der Waals surface area (Å²) in [4.78, 5) is 23.7. The van der Waals surface area contributed by atoms with E-state index in [1.54, 1.807) is 31.4 Å². The predicted molar refractivity (Wildman–Crippen MR) is 96.1 cm³/mol. The minimum absolute atomic E-state index is 0.0764. The van der Waals surface area contributed by atoms with Gasteiger partial charge in [-0.2, -0.15) is 0 Å². The van der Waals surface area contributed by atoms with Gasteiger partial charge in [0, 0.05) is 12.0 Å². The second-order valence-corrected chi connectivity index (χ2v) is 5.79. The third-order valence-corrected chi connectivity index (χ3v) is 3.98. The zero-order chi connectivity index (χ0) is 18.1. The molecule has 2 aromatic rings. The van der Waals surface area contributed by atoms with Crippen LogP contribution in [0.5, 0.6) is 5.75 Å². The third kappa shape index (κ3) is 6.04. The van der Waals surface area contributed by atoms with E-state index in [9.17, 15) is 14.7 Å². The smallest absolute Gasteiger partial charge is 0.321 e. The first kappa shape index (κ1) is 18.7. The van der Waals surface area contributed by atoms with Crippen LogP contribution in [0.25, 0.3) is 0 Å². The largest absolute Gasteiger partial charge is 0.497 e.